The van der Waals surface area contributed by atoms with Crippen molar-refractivity contribution >= 4 is 17.1 Å². The van der Waals surface area contributed by atoms with Crippen LogP contribution in [0.25, 0.3) is 0 Å². The zero-order valence-electron chi connectivity index (χ0n) is 3.48. The molecule has 1 heteroatoms. The third kappa shape index (κ3) is 1.85. The Labute approximate surface area is 43.2 Å². The van der Waals surface area contributed by atoms with Gasteiger partial charge >= 0.3 is 0 Å². The third-order valence-electron chi connectivity index (χ3n) is 0.402. The molecule has 0 saturated carbocycles. The fourth-order valence-electron chi connectivity index (χ4n) is 0.0833. The average molecular weight is 98.2 g/mol. The number of hydrogen-bond acceptors (Lipinski definition) is 1. The van der Waals surface area contributed by atoms with Crippen molar-refractivity contribution in [3.8, 4) is 0 Å². The van der Waals surface area contributed by atoms with Gasteiger partial charge in [0.2, 0.25) is 0 Å². The Hall–Kier alpha value is -0.430. The molecule has 0 atom stereocenters. The van der Waals surface area contributed by atoms with Gasteiger partial charge in [-0.1, -0.05) is 37.5 Å². The van der Waals surface area contributed by atoms with E-state index in [9.17, 15) is 0 Å². The van der Waals surface area contributed by atoms with Gasteiger partial charge in [-0.15, -0.1) is 0 Å². The highest BCUT2D eigenvalue weighted by molar-refractivity contribution is 7.81. The maximum absolute atomic E-state index is 4.62. The Kier molecular flexibility index (Phi) is 2.59. The summed E-state index contributed by atoms with van der Waals surface area (Å²) >= 11 is 4.62. The summed E-state index contributed by atoms with van der Waals surface area (Å²) in [4.78, 5) is 0.704. The normalized spacial score (nSPS) is 6.67. The smallest absolute Gasteiger partial charge is 0.0365 e. The van der Waals surface area contributed by atoms with Crippen molar-refractivity contribution in [1.29, 1.82) is 0 Å². The number of rotatable bonds is 2. The Morgan fingerprint density at radius 2 is 1.67 bits per heavy atom. The van der Waals surface area contributed by atoms with E-state index in [0.29, 0.717) is 4.86 Å². The molecule has 0 radical (unpaired) electrons. The molecule has 0 fully saturated rings. The molecule has 0 aromatic rings. The molecule has 6 heavy (non-hydrogen) atoms. The highest BCUT2D eigenvalue weighted by Crippen LogP contribution is 1.75. The topological polar surface area (TPSA) is 0 Å². The second kappa shape index (κ2) is 2.79. The van der Waals surface area contributed by atoms with Gasteiger partial charge in [0.1, 0.15) is 0 Å². The first kappa shape index (κ1) is 5.57. The molecule has 0 bridgehead atoms. The Balaban J connectivity index is 3.52. The zero-order valence-corrected chi connectivity index (χ0v) is 4.29. The van der Waals surface area contributed by atoms with Crippen LogP contribution in [0.1, 0.15) is 0 Å². The SMILES string of the molecule is C=CC(=S)C=C. The second-order valence-electron chi connectivity index (χ2n) is 0.811. The summed E-state index contributed by atoms with van der Waals surface area (Å²) in [6.07, 6.45) is 3.17. The minimum Gasteiger partial charge on any atom is -0.0976 e. The quantitative estimate of drug-likeness (QED) is 0.374. The predicted octanol–water partition coefficient (Wildman–Crippen LogP) is 1.73. The minimum atomic E-state index is 0.704. The predicted molar refractivity (Wildman–Crippen MR) is 33.0 cm³/mol. The van der Waals surface area contributed by atoms with Crippen LogP contribution >= 0.6 is 12.2 Å². The van der Waals surface area contributed by atoms with Crippen LogP contribution in [-0.2, 0) is 0 Å². The molecule has 0 spiro atoms. The molecular formula is C5H6S. The molecule has 0 aliphatic rings. The van der Waals surface area contributed by atoms with E-state index < -0.39 is 0 Å². The van der Waals surface area contributed by atoms with E-state index in [1.165, 1.54) is 0 Å². The summed E-state index contributed by atoms with van der Waals surface area (Å²) in [6, 6.07) is 0. The molecule has 0 heterocycles. The van der Waals surface area contributed by atoms with Crippen LogP contribution in [0, 0.1) is 0 Å². The monoisotopic (exact) mass is 98.0 g/mol. The number of hydrogen-bond donors (Lipinski definition) is 0. The van der Waals surface area contributed by atoms with Gasteiger partial charge in [-0.05, 0) is 0 Å². The number of thiocarbonyl (C=S) groups is 1. The van der Waals surface area contributed by atoms with E-state index in [1.807, 2.05) is 0 Å². The molecule has 0 amide bonds. The van der Waals surface area contributed by atoms with Crippen LogP contribution in [0.2, 0.25) is 0 Å². The standard InChI is InChI=1S/C5H6S/c1-3-5(6)4-2/h3-4H,1-2H2. The Morgan fingerprint density at radius 3 is 1.67 bits per heavy atom. The van der Waals surface area contributed by atoms with Gasteiger partial charge < -0.3 is 0 Å². The van der Waals surface area contributed by atoms with Crippen LogP contribution < -0.4 is 0 Å². The highest BCUT2D eigenvalue weighted by Gasteiger charge is 1.69. The van der Waals surface area contributed by atoms with Crippen LogP contribution in [-0.4, -0.2) is 4.86 Å². The molecule has 0 saturated heterocycles. The first-order valence-electron chi connectivity index (χ1n) is 1.60. The van der Waals surface area contributed by atoms with Gasteiger partial charge in [0, 0.05) is 4.86 Å². The lowest BCUT2D eigenvalue weighted by atomic mass is 10.4. The Morgan fingerprint density at radius 1 is 1.33 bits per heavy atom. The summed E-state index contributed by atoms with van der Waals surface area (Å²) in [5.74, 6) is 0. The molecule has 0 aromatic carbocycles. The first-order chi connectivity index (χ1) is 2.81. The van der Waals surface area contributed by atoms with Crippen LogP contribution in [0.3, 0.4) is 0 Å². The van der Waals surface area contributed by atoms with Crippen molar-refractivity contribution in [2.45, 2.75) is 0 Å². The van der Waals surface area contributed by atoms with Gasteiger partial charge in [-0.2, -0.15) is 0 Å². The van der Waals surface area contributed by atoms with Gasteiger partial charge in [0.05, 0.1) is 0 Å². The van der Waals surface area contributed by atoms with E-state index in [0.717, 1.165) is 0 Å². The van der Waals surface area contributed by atoms with Gasteiger partial charge in [0.15, 0.2) is 0 Å². The van der Waals surface area contributed by atoms with Crippen molar-refractivity contribution in [3.05, 3.63) is 25.3 Å². The van der Waals surface area contributed by atoms with Crippen LogP contribution in [0.15, 0.2) is 25.3 Å². The molecule has 0 nitrogen and oxygen atoms in total. The zero-order chi connectivity index (χ0) is 4.99. The lowest BCUT2D eigenvalue weighted by Gasteiger charge is -1.73. The molecule has 0 aliphatic heterocycles. The molecule has 0 unspecified atom stereocenters. The van der Waals surface area contributed by atoms with E-state index in [-0.39, 0.29) is 0 Å². The second-order valence-corrected chi connectivity index (χ2v) is 1.28. The molecular weight excluding hydrogens is 92.1 g/mol. The molecule has 0 aromatic heterocycles. The van der Waals surface area contributed by atoms with E-state index in [1.54, 1.807) is 12.2 Å². The average Bonchev–Trinajstić information content (AvgIpc) is 1.65. The van der Waals surface area contributed by atoms with Crippen molar-refractivity contribution in [2.75, 3.05) is 0 Å². The summed E-state index contributed by atoms with van der Waals surface area (Å²) in [5.41, 5.74) is 0. The van der Waals surface area contributed by atoms with Crippen molar-refractivity contribution in [1.82, 2.24) is 0 Å². The first-order valence-corrected chi connectivity index (χ1v) is 2.01. The highest BCUT2D eigenvalue weighted by atomic mass is 32.1. The van der Waals surface area contributed by atoms with Crippen molar-refractivity contribution in [2.24, 2.45) is 0 Å². The lowest BCUT2D eigenvalue weighted by Crippen LogP contribution is -1.73. The summed E-state index contributed by atoms with van der Waals surface area (Å²) in [7, 11) is 0. The lowest BCUT2D eigenvalue weighted by molar-refractivity contribution is 2.32. The van der Waals surface area contributed by atoms with Gasteiger partial charge in [0.25, 0.3) is 0 Å². The molecule has 0 rings (SSSR count). The van der Waals surface area contributed by atoms with Gasteiger partial charge in [-0.3, -0.25) is 0 Å². The fourth-order valence-corrected chi connectivity index (χ4v) is 0.0833. The summed E-state index contributed by atoms with van der Waals surface area (Å²) in [6.45, 7) is 6.84. The fraction of sp³-hybridized carbons (Fsp3) is 0. The van der Waals surface area contributed by atoms with E-state index in [4.69, 9.17) is 0 Å². The van der Waals surface area contributed by atoms with Crippen molar-refractivity contribution in [3.63, 3.8) is 0 Å². The van der Waals surface area contributed by atoms with Crippen LogP contribution in [0.4, 0.5) is 0 Å². The van der Waals surface area contributed by atoms with Crippen molar-refractivity contribution < 1.29 is 0 Å². The molecule has 32 valence electrons. The Bertz CT molecular complexity index is 71.9. The summed E-state index contributed by atoms with van der Waals surface area (Å²) in [5, 5.41) is 0. The third-order valence-corrected chi connectivity index (χ3v) is 0.736. The largest absolute Gasteiger partial charge is 0.0976 e. The van der Waals surface area contributed by atoms with E-state index >= 15 is 0 Å². The number of allylic oxidation sites excluding steroid dienone is 2. The summed E-state index contributed by atoms with van der Waals surface area (Å²) < 4.78 is 0. The maximum atomic E-state index is 4.62. The molecule has 0 aliphatic carbocycles. The van der Waals surface area contributed by atoms with Gasteiger partial charge in [-0.25, -0.2) is 0 Å². The van der Waals surface area contributed by atoms with E-state index in [2.05, 4.69) is 25.4 Å². The molecule has 0 N–H and O–H groups in total. The maximum Gasteiger partial charge on any atom is 0.0365 e. The van der Waals surface area contributed by atoms with Crippen LogP contribution in [0.5, 0.6) is 0 Å². The minimum absolute atomic E-state index is 0.704.